The lowest BCUT2D eigenvalue weighted by molar-refractivity contribution is 0.190. The van der Waals surface area contributed by atoms with E-state index in [1.807, 2.05) is 10.9 Å². The quantitative estimate of drug-likeness (QED) is 0.767. The summed E-state index contributed by atoms with van der Waals surface area (Å²) in [5.41, 5.74) is 1.22. The highest BCUT2D eigenvalue weighted by atomic mass is 16.3. The third kappa shape index (κ3) is 3.94. The Kier molecular flexibility index (Phi) is 5.49. The Morgan fingerprint density at radius 3 is 2.69 bits per heavy atom. The highest BCUT2D eigenvalue weighted by Gasteiger charge is 2.07. The van der Waals surface area contributed by atoms with Crippen LogP contribution < -0.4 is 0 Å². The largest absolute Gasteiger partial charge is 0.395 e. The average Bonchev–Trinajstić information content (AvgIpc) is 2.67. The predicted molar refractivity (Wildman–Crippen MR) is 65.3 cm³/mol. The van der Waals surface area contributed by atoms with Crippen molar-refractivity contribution >= 4 is 0 Å². The molecule has 0 unspecified atom stereocenters. The van der Waals surface area contributed by atoms with Gasteiger partial charge in [0, 0.05) is 30.9 Å². The van der Waals surface area contributed by atoms with E-state index < -0.39 is 0 Å². The summed E-state index contributed by atoms with van der Waals surface area (Å²) in [4.78, 5) is 2.25. The number of hydrogen-bond acceptors (Lipinski definition) is 3. The number of hydrogen-bond donors (Lipinski definition) is 1. The lowest BCUT2D eigenvalue weighted by atomic mass is 10.3. The topological polar surface area (TPSA) is 41.3 Å². The van der Waals surface area contributed by atoms with Crippen molar-refractivity contribution in [3.63, 3.8) is 0 Å². The van der Waals surface area contributed by atoms with Crippen LogP contribution >= 0.6 is 0 Å². The fourth-order valence-electron chi connectivity index (χ4n) is 1.73. The van der Waals surface area contributed by atoms with Crippen LogP contribution in [-0.4, -0.2) is 39.5 Å². The van der Waals surface area contributed by atoms with Crippen molar-refractivity contribution in [2.75, 3.05) is 19.7 Å². The van der Waals surface area contributed by atoms with Crippen LogP contribution in [0, 0.1) is 0 Å². The molecule has 1 heterocycles. The van der Waals surface area contributed by atoms with E-state index in [2.05, 4.69) is 37.0 Å². The molecule has 0 saturated heterocycles. The average molecular weight is 225 g/mol. The molecule has 1 aromatic rings. The van der Waals surface area contributed by atoms with Gasteiger partial charge in [0.25, 0.3) is 0 Å². The van der Waals surface area contributed by atoms with E-state index in [-0.39, 0.29) is 6.61 Å². The van der Waals surface area contributed by atoms with Gasteiger partial charge in [-0.2, -0.15) is 5.10 Å². The highest BCUT2D eigenvalue weighted by Crippen LogP contribution is 2.08. The van der Waals surface area contributed by atoms with Crippen LogP contribution in [0.2, 0.25) is 0 Å². The van der Waals surface area contributed by atoms with E-state index in [1.54, 1.807) is 0 Å². The van der Waals surface area contributed by atoms with Crippen molar-refractivity contribution in [3.8, 4) is 0 Å². The first-order valence-electron chi connectivity index (χ1n) is 6.03. The SMILES string of the molecule is CCCN(CCO)Cc1cnn(C(C)C)c1. The molecule has 1 N–H and O–H groups in total. The Morgan fingerprint density at radius 1 is 1.44 bits per heavy atom. The summed E-state index contributed by atoms with van der Waals surface area (Å²) in [7, 11) is 0. The summed E-state index contributed by atoms with van der Waals surface area (Å²) in [5.74, 6) is 0. The van der Waals surface area contributed by atoms with Gasteiger partial charge in [-0.15, -0.1) is 0 Å². The molecule has 0 saturated carbocycles. The Balaban J connectivity index is 2.55. The second-order valence-electron chi connectivity index (χ2n) is 4.42. The Hall–Kier alpha value is -0.870. The van der Waals surface area contributed by atoms with Crippen LogP contribution in [0.4, 0.5) is 0 Å². The van der Waals surface area contributed by atoms with Crippen molar-refractivity contribution in [3.05, 3.63) is 18.0 Å². The maximum absolute atomic E-state index is 8.97. The van der Waals surface area contributed by atoms with Gasteiger partial charge in [-0.05, 0) is 26.8 Å². The van der Waals surface area contributed by atoms with Gasteiger partial charge >= 0.3 is 0 Å². The van der Waals surface area contributed by atoms with Crippen LogP contribution in [0.3, 0.4) is 0 Å². The van der Waals surface area contributed by atoms with Gasteiger partial charge < -0.3 is 5.11 Å². The molecule has 0 amide bonds. The molecule has 4 heteroatoms. The fraction of sp³-hybridized carbons (Fsp3) is 0.750. The molecule has 4 nitrogen and oxygen atoms in total. The van der Waals surface area contributed by atoms with E-state index in [1.165, 1.54) is 5.56 Å². The van der Waals surface area contributed by atoms with E-state index in [0.717, 1.165) is 26.1 Å². The Labute approximate surface area is 97.9 Å². The Bertz CT molecular complexity index is 290. The first kappa shape index (κ1) is 13.2. The summed E-state index contributed by atoms with van der Waals surface area (Å²) in [5, 5.41) is 13.3. The molecule has 0 bridgehead atoms. The summed E-state index contributed by atoms with van der Waals surface area (Å²) >= 11 is 0. The minimum absolute atomic E-state index is 0.221. The standard InChI is InChI=1S/C12H23N3O/c1-4-5-14(6-7-16)9-12-8-13-15(10-12)11(2)3/h8,10-11,16H,4-7,9H2,1-3H3. The maximum atomic E-state index is 8.97. The van der Waals surface area contributed by atoms with Crippen LogP contribution in [-0.2, 0) is 6.54 Å². The van der Waals surface area contributed by atoms with Crippen molar-refractivity contribution < 1.29 is 5.11 Å². The van der Waals surface area contributed by atoms with Gasteiger partial charge in [0.2, 0.25) is 0 Å². The number of aromatic nitrogens is 2. The second kappa shape index (κ2) is 6.66. The molecule has 1 rings (SSSR count). The molecule has 16 heavy (non-hydrogen) atoms. The smallest absolute Gasteiger partial charge is 0.0558 e. The molecule has 0 aliphatic carbocycles. The minimum Gasteiger partial charge on any atom is -0.395 e. The molecule has 0 atom stereocenters. The molecule has 0 aliphatic heterocycles. The van der Waals surface area contributed by atoms with E-state index in [0.29, 0.717) is 6.04 Å². The molecule has 1 aromatic heterocycles. The van der Waals surface area contributed by atoms with E-state index in [4.69, 9.17) is 5.11 Å². The maximum Gasteiger partial charge on any atom is 0.0558 e. The van der Waals surface area contributed by atoms with E-state index >= 15 is 0 Å². The summed E-state index contributed by atoms with van der Waals surface area (Å²) in [6.07, 6.45) is 5.11. The molecule has 0 spiro atoms. The van der Waals surface area contributed by atoms with Gasteiger partial charge in [-0.3, -0.25) is 9.58 Å². The van der Waals surface area contributed by atoms with Gasteiger partial charge in [0.05, 0.1) is 12.8 Å². The molecule has 0 radical (unpaired) electrons. The molecule has 0 aromatic carbocycles. The number of nitrogens with zero attached hydrogens (tertiary/aromatic N) is 3. The lowest BCUT2D eigenvalue weighted by Gasteiger charge is -2.19. The van der Waals surface area contributed by atoms with Crippen LogP contribution in [0.5, 0.6) is 0 Å². The summed E-state index contributed by atoms with van der Waals surface area (Å²) in [6, 6.07) is 0.409. The van der Waals surface area contributed by atoms with Crippen molar-refractivity contribution in [1.82, 2.24) is 14.7 Å². The monoisotopic (exact) mass is 225 g/mol. The first-order valence-corrected chi connectivity index (χ1v) is 6.03. The second-order valence-corrected chi connectivity index (χ2v) is 4.42. The highest BCUT2D eigenvalue weighted by molar-refractivity contribution is 5.04. The molecule has 0 aliphatic rings. The fourth-order valence-corrected chi connectivity index (χ4v) is 1.73. The van der Waals surface area contributed by atoms with E-state index in [9.17, 15) is 0 Å². The van der Waals surface area contributed by atoms with Gasteiger partial charge in [0.1, 0.15) is 0 Å². The lowest BCUT2D eigenvalue weighted by Crippen LogP contribution is -2.27. The number of rotatable bonds is 7. The number of aliphatic hydroxyl groups is 1. The molecular formula is C12H23N3O. The molecular weight excluding hydrogens is 202 g/mol. The third-order valence-electron chi connectivity index (χ3n) is 2.55. The molecule has 92 valence electrons. The van der Waals surface area contributed by atoms with Gasteiger partial charge in [-0.25, -0.2) is 0 Å². The van der Waals surface area contributed by atoms with Crippen LogP contribution in [0.25, 0.3) is 0 Å². The summed E-state index contributed by atoms with van der Waals surface area (Å²) < 4.78 is 1.97. The minimum atomic E-state index is 0.221. The zero-order valence-corrected chi connectivity index (χ0v) is 10.6. The predicted octanol–water partition coefficient (Wildman–Crippen LogP) is 1.67. The van der Waals surface area contributed by atoms with Crippen LogP contribution in [0.1, 0.15) is 38.8 Å². The van der Waals surface area contributed by atoms with Crippen LogP contribution in [0.15, 0.2) is 12.4 Å². The van der Waals surface area contributed by atoms with Gasteiger partial charge in [0.15, 0.2) is 0 Å². The normalized spacial score (nSPS) is 11.6. The number of aliphatic hydroxyl groups excluding tert-OH is 1. The van der Waals surface area contributed by atoms with Crippen molar-refractivity contribution in [2.45, 2.75) is 39.8 Å². The van der Waals surface area contributed by atoms with Gasteiger partial charge in [-0.1, -0.05) is 6.92 Å². The zero-order valence-electron chi connectivity index (χ0n) is 10.6. The first-order chi connectivity index (χ1) is 7.67. The Morgan fingerprint density at radius 2 is 2.19 bits per heavy atom. The zero-order chi connectivity index (χ0) is 12.0. The van der Waals surface area contributed by atoms with Crippen molar-refractivity contribution in [2.24, 2.45) is 0 Å². The molecule has 0 fully saturated rings. The van der Waals surface area contributed by atoms with Crippen molar-refractivity contribution in [1.29, 1.82) is 0 Å². The summed E-state index contributed by atoms with van der Waals surface area (Å²) in [6.45, 7) is 9.25. The third-order valence-corrected chi connectivity index (χ3v) is 2.55.